The molecule has 0 radical (unpaired) electrons. The topological polar surface area (TPSA) is 106 Å². The van der Waals surface area contributed by atoms with Crippen LogP contribution in [0, 0.1) is 22.1 Å². The number of pyridine rings is 2. The van der Waals surface area contributed by atoms with E-state index in [4.69, 9.17) is 10.00 Å². The van der Waals surface area contributed by atoms with Crippen molar-refractivity contribution in [2.75, 3.05) is 0 Å². The lowest BCUT2D eigenvalue weighted by molar-refractivity contribution is 0.306. The number of nitriles is 1. The van der Waals surface area contributed by atoms with Gasteiger partial charge in [-0.05, 0) is 63.1 Å². The molecular formula is C23H16BrFN6O2. The second-order valence-corrected chi connectivity index (χ2v) is 8.02. The fourth-order valence-electron chi connectivity index (χ4n) is 3.40. The van der Waals surface area contributed by atoms with Crippen molar-refractivity contribution in [1.29, 1.82) is 5.26 Å². The van der Waals surface area contributed by atoms with Gasteiger partial charge in [0.1, 0.15) is 18.5 Å². The molecule has 0 spiro atoms. The molecule has 1 aromatic carbocycles. The van der Waals surface area contributed by atoms with Crippen LogP contribution in [-0.4, -0.2) is 19.7 Å². The third-order valence-electron chi connectivity index (χ3n) is 4.95. The molecule has 164 valence electrons. The fraction of sp³-hybridized carbons (Fsp3) is 0.130. The Kier molecular flexibility index (Phi) is 6.51. The minimum Gasteiger partial charge on any atom is -0.485 e. The molecular weight excluding hydrogens is 491 g/mol. The number of halogens is 2. The molecule has 0 saturated heterocycles. The first-order valence-electron chi connectivity index (χ1n) is 9.76. The molecule has 10 heteroatoms. The summed E-state index contributed by atoms with van der Waals surface area (Å²) < 4.78 is 22.2. The van der Waals surface area contributed by atoms with Crippen molar-refractivity contribution >= 4 is 21.7 Å². The Bertz CT molecular complexity index is 1380. The summed E-state index contributed by atoms with van der Waals surface area (Å²) in [7, 11) is 1.77. The normalized spacial score (nSPS) is 10.6. The molecule has 0 saturated carbocycles. The molecule has 0 fully saturated rings. The maximum absolute atomic E-state index is 14.1. The number of ether oxygens (including phenoxy) is 1. The van der Waals surface area contributed by atoms with Crippen LogP contribution in [0.1, 0.15) is 22.5 Å². The van der Waals surface area contributed by atoms with E-state index >= 15 is 0 Å². The Labute approximate surface area is 196 Å². The molecule has 33 heavy (non-hydrogen) atoms. The van der Waals surface area contributed by atoms with E-state index in [0.717, 1.165) is 11.3 Å². The number of benzene rings is 1. The Morgan fingerprint density at radius 2 is 2.06 bits per heavy atom. The highest BCUT2D eigenvalue weighted by Crippen LogP contribution is 2.32. The van der Waals surface area contributed by atoms with Crippen LogP contribution in [0.3, 0.4) is 0 Å². The van der Waals surface area contributed by atoms with Crippen molar-refractivity contribution in [3.05, 3.63) is 92.6 Å². The lowest BCUT2D eigenvalue weighted by Crippen LogP contribution is -2.04. The first-order valence-corrected chi connectivity index (χ1v) is 10.5. The van der Waals surface area contributed by atoms with E-state index < -0.39 is 5.82 Å². The van der Waals surface area contributed by atoms with Crippen molar-refractivity contribution in [2.24, 2.45) is 12.2 Å². The molecule has 0 bridgehead atoms. The van der Waals surface area contributed by atoms with E-state index in [1.165, 1.54) is 18.3 Å². The van der Waals surface area contributed by atoms with Crippen LogP contribution in [0.2, 0.25) is 0 Å². The second-order valence-electron chi connectivity index (χ2n) is 7.10. The molecule has 4 aromatic rings. The molecule has 0 aliphatic carbocycles. The number of nitroso groups, excluding NO2 is 1. The van der Waals surface area contributed by atoms with Crippen molar-refractivity contribution in [1.82, 2.24) is 19.7 Å². The Balaban J connectivity index is 1.70. The zero-order valence-corrected chi connectivity index (χ0v) is 19.0. The number of hydrogen-bond acceptors (Lipinski definition) is 7. The standard InChI is InChI=1S/C23H16BrFN6O2/c1-31-19(10-18(11-26)29-31)8-14-3-2-6-27-22(14)20-5-4-17(25)7-15(20)13-33-21-9-16(24)12-28-23(21)30-32/h2-7,9-10,12H,8,13H2,1H3. The molecule has 4 rings (SSSR count). The van der Waals surface area contributed by atoms with Crippen LogP contribution in [0.5, 0.6) is 5.75 Å². The second kappa shape index (κ2) is 9.67. The zero-order valence-electron chi connectivity index (χ0n) is 17.4. The fourth-order valence-corrected chi connectivity index (χ4v) is 3.71. The highest BCUT2D eigenvalue weighted by Gasteiger charge is 2.16. The summed E-state index contributed by atoms with van der Waals surface area (Å²) in [5.74, 6) is -0.352. The molecule has 3 aromatic heterocycles. The van der Waals surface area contributed by atoms with Gasteiger partial charge in [-0.3, -0.25) is 9.67 Å². The third-order valence-corrected chi connectivity index (χ3v) is 5.38. The summed E-state index contributed by atoms with van der Waals surface area (Å²) in [5, 5.41) is 16.2. The molecule has 8 nitrogen and oxygen atoms in total. The molecule has 0 aliphatic rings. The van der Waals surface area contributed by atoms with Gasteiger partial charge in [0.25, 0.3) is 0 Å². The summed E-state index contributed by atoms with van der Waals surface area (Å²) in [4.78, 5) is 19.5. The number of aromatic nitrogens is 4. The highest BCUT2D eigenvalue weighted by molar-refractivity contribution is 9.10. The summed E-state index contributed by atoms with van der Waals surface area (Å²) in [6.07, 6.45) is 3.57. The lowest BCUT2D eigenvalue weighted by atomic mass is 9.98. The monoisotopic (exact) mass is 506 g/mol. The van der Waals surface area contributed by atoms with Gasteiger partial charge in [0.2, 0.25) is 5.82 Å². The van der Waals surface area contributed by atoms with Crippen LogP contribution in [0.4, 0.5) is 10.2 Å². The summed E-state index contributed by atoms with van der Waals surface area (Å²) in [6, 6.07) is 13.4. The minimum absolute atomic E-state index is 0.0337. The molecule has 0 aliphatic heterocycles. The predicted octanol–water partition coefficient (Wildman–Crippen LogP) is 5.22. The summed E-state index contributed by atoms with van der Waals surface area (Å²) in [6.45, 7) is -0.0337. The predicted molar refractivity (Wildman–Crippen MR) is 122 cm³/mol. The molecule has 0 atom stereocenters. The van der Waals surface area contributed by atoms with Gasteiger partial charge in [-0.1, -0.05) is 6.07 Å². The van der Waals surface area contributed by atoms with E-state index in [0.29, 0.717) is 33.4 Å². The smallest absolute Gasteiger partial charge is 0.238 e. The van der Waals surface area contributed by atoms with E-state index in [1.807, 2.05) is 18.2 Å². The van der Waals surface area contributed by atoms with E-state index in [9.17, 15) is 9.30 Å². The maximum atomic E-state index is 14.1. The number of aryl methyl sites for hydroxylation is 1. The Morgan fingerprint density at radius 3 is 2.82 bits per heavy atom. The van der Waals surface area contributed by atoms with Crippen LogP contribution < -0.4 is 4.74 Å². The van der Waals surface area contributed by atoms with Crippen molar-refractivity contribution in [3.8, 4) is 23.1 Å². The molecule has 3 heterocycles. The lowest BCUT2D eigenvalue weighted by Gasteiger charge is -2.14. The van der Waals surface area contributed by atoms with Crippen molar-refractivity contribution in [2.45, 2.75) is 13.0 Å². The van der Waals surface area contributed by atoms with Gasteiger partial charge in [-0.25, -0.2) is 9.37 Å². The maximum Gasteiger partial charge on any atom is 0.238 e. The number of rotatable bonds is 7. The third kappa shape index (κ3) is 4.94. The molecule has 0 amide bonds. The van der Waals surface area contributed by atoms with E-state index in [2.05, 4.69) is 36.2 Å². The van der Waals surface area contributed by atoms with Crippen molar-refractivity contribution < 1.29 is 9.13 Å². The van der Waals surface area contributed by atoms with Gasteiger partial charge < -0.3 is 4.74 Å². The van der Waals surface area contributed by atoms with Gasteiger partial charge in [0, 0.05) is 47.2 Å². The molecule has 0 unspecified atom stereocenters. The number of nitrogens with zero attached hydrogens (tertiary/aromatic N) is 6. The minimum atomic E-state index is -0.429. The van der Waals surface area contributed by atoms with Crippen LogP contribution >= 0.6 is 15.9 Å². The highest BCUT2D eigenvalue weighted by atomic mass is 79.9. The van der Waals surface area contributed by atoms with Gasteiger partial charge in [-0.2, -0.15) is 10.4 Å². The summed E-state index contributed by atoms with van der Waals surface area (Å²) in [5.41, 5.74) is 3.90. The van der Waals surface area contributed by atoms with Crippen LogP contribution in [-0.2, 0) is 20.1 Å². The Morgan fingerprint density at radius 1 is 1.21 bits per heavy atom. The zero-order chi connectivity index (χ0) is 23.4. The average molecular weight is 507 g/mol. The van der Waals surface area contributed by atoms with Gasteiger partial charge in [-0.15, -0.1) is 4.91 Å². The van der Waals surface area contributed by atoms with Gasteiger partial charge in [0.05, 0.1) is 5.69 Å². The number of hydrogen-bond donors (Lipinski definition) is 0. The van der Waals surface area contributed by atoms with Crippen LogP contribution in [0.15, 0.2) is 64.5 Å². The van der Waals surface area contributed by atoms with E-state index in [1.54, 1.807) is 36.1 Å². The molecule has 0 N–H and O–H groups in total. The van der Waals surface area contributed by atoms with E-state index in [-0.39, 0.29) is 18.2 Å². The van der Waals surface area contributed by atoms with Gasteiger partial charge in [0.15, 0.2) is 11.4 Å². The first-order chi connectivity index (χ1) is 16.0. The first kappa shape index (κ1) is 22.2. The average Bonchev–Trinajstić information content (AvgIpc) is 3.17. The Hall–Kier alpha value is -3.97. The van der Waals surface area contributed by atoms with Gasteiger partial charge >= 0.3 is 0 Å². The largest absolute Gasteiger partial charge is 0.485 e. The quantitative estimate of drug-likeness (QED) is 0.318. The van der Waals surface area contributed by atoms with Crippen LogP contribution in [0.25, 0.3) is 11.3 Å². The SMILES string of the molecule is Cn1nc(C#N)cc1Cc1cccnc1-c1ccc(F)cc1COc1cc(Br)cnc1N=O. The van der Waals surface area contributed by atoms with Crippen molar-refractivity contribution in [3.63, 3.8) is 0 Å². The summed E-state index contributed by atoms with van der Waals surface area (Å²) >= 11 is 3.28.